The van der Waals surface area contributed by atoms with Gasteiger partial charge < -0.3 is 10.1 Å². The topological polar surface area (TPSA) is 97.0 Å². The summed E-state index contributed by atoms with van der Waals surface area (Å²) in [6.07, 6.45) is 1.70. The number of rotatable bonds is 5. The van der Waals surface area contributed by atoms with Gasteiger partial charge in [-0.25, -0.2) is 4.79 Å². The molecule has 126 valence electrons. The minimum absolute atomic E-state index is 0.212. The first-order chi connectivity index (χ1) is 11.4. The van der Waals surface area contributed by atoms with Crippen molar-refractivity contribution in [3.8, 4) is 6.07 Å². The third-order valence-electron chi connectivity index (χ3n) is 3.20. The summed E-state index contributed by atoms with van der Waals surface area (Å²) < 4.78 is 7.15. The molecule has 1 amide bonds. The standard InChI is InChI=1S/C15H15BrN4O3S/c1-4-20-7-10(16)11(19-20)13(21)18-14-9(6-17)8(3)12(24-14)15(22)23-5-2/h7H,4-5H2,1-3H3,(H,18,21). The third-order valence-corrected chi connectivity index (χ3v) is 4.97. The number of aryl methyl sites for hydroxylation is 1. The Labute approximate surface area is 151 Å². The van der Waals surface area contributed by atoms with E-state index in [1.165, 1.54) is 0 Å². The lowest BCUT2D eigenvalue weighted by molar-refractivity contribution is 0.0531. The Bertz CT molecular complexity index is 835. The number of ether oxygens (including phenoxy) is 1. The maximum Gasteiger partial charge on any atom is 0.348 e. The number of thiophene rings is 1. The zero-order valence-electron chi connectivity index (χ0n) is 13.3. The molecule has 1 N–H and O–H groups in total. The summed E-state index contributed by atoms with van der Waals surface area (Å²) in [5, 5.41) is 16.5. The van der Waals surface area contributed by atoms with Gasteiger partial charge in [0.25, 0.3) is 5.91 Å². The number of esters is 1. The number of carbonyl (C=O) groups excluding carboxylic acids is 2. The molecule has 0 fully saturated rings. The second-order valence-electron chi connectivity index (χ2n) is 4.73. The molecule has 0 aromatic carbocycles. The quantitative estimate of drug-likeness (QED) is 0.762. The van der Waals surface area contributed by atoms with Crippen LogP contribution in [-0.4, -0.2) is 28.3 Å². The van der Waals surface area contributed by atoms with Crippen LogP contribution in [0.1, 0.15) is 45.1 Å². The Morgan fingerprint density at radius 1 is 1.50 bits per heavy atom. The smallest absolute Gasteiger partial charge is 0.348 e. The number of nitrogens with one attached hydrogen (secondary N) is 1. The van der Waals surface area contributed by atoms with Crippen LogP contribution in [0, 0.1) is 18.3 Å². The fourth-order valence-electron chi connectivity index (χ4n) is 2.00. The molecule has 2 aromatic heterocycles. The molecule has 2 rings (SSSR count). The summed E-state index contributed by atoms with van der Waals surface area (Å²) in [4.78, 5) is 24.7. The molecule has 0 aliphatic carbocycles. The molecule has 0 spiro atoms. The van der Waals surface area contributed by atoms with Crippen molar-refractivity contribution < 1.29 is 14.3 Å². The van der Waals surface area contributed by atoms with E-state index in [4.69, 9.17) is 4.74 Å². The number of carbonyl (C=O) groups is 2. The van der Waals surface area contributed by atoms with Crippen LogP contribution in [0.25, 0.3) is 0 Å². The van der Waals surface area contributed by atoms with Crippen LogP contribution in [0.15, 0.2) is 10.7 Å². The van der Waals surface area contributed by atoms with Crippen molar-refractivity contribution in [2.75, 3.05) is 11.9 Å². The van der Waals surface area contributed by atoms with Gasteiger partial charge in [0.2, 0.25) is 0 Å². The molecule has 0 radical (unpaired) electrons. The summed E-state index contributed by atoms with van der Waals surface area (Å²) in [5.74, 6) is -0.962. The number of aromatic nitrogens is 2. The number of amides is 1. The van der Waals surface area contributed by atoms with E-state index >= 15 is 0 Å². The van der Waals surface area contributed by atoms with E-state index in [9.17, 15) is 14.9 Å². The molecule has 2 heterocycles. The Morgan fingerprint density at radius 2 is 2.21 bits per heavy atom. The van der Waals surface area contributed by atoms with E-state index < -0.39 is 11.9 Å². The molecule has 0 aliphatic rings. The van der Waals surface area contributed by atoms with Gasteiger partial charge in [-0.1, -0.05) is 0 Å². The highest BCUT2D eigenvalue weighted by molar-refractivity contribution is 9.10. The third kappa shape index (κ3) is 3.49. The summed E-state index contributed by atoms with van der Waals surface area (Å²) >= 11 is 4.31. The number of anilines is 1. The van der Waals surface area contributed by atoms with Crippen molar-refractivity contribution in [3.63, 3.8) is 0 Å². The molecular weight excluding hydrogens is 396 g/mol. The number of nitriles is 1. The van der Waals surface area contributed by atoms with E-state index in [0.29, 0.717) is 26.5 Å². The molecule has 24 heavy (non-hydrogen) atoms. The molecule has 0 unspecified atom stereocenters. The van der Waals surface area contributed by atoms with Gasteiger partial charge in [-0.15, -0.1) is 11.3 Å². The van der Waals surface area contributed by atoms with Gasteiger partial charge in [-0.2, -0.15) is 10.4 Å². The summed E-state index contributed by atoms with van der Waals surface area (Å²) in [6.45, 7) is 6.12. The first-order valence-electron chi connectivity index (χ1n) is 7.17. The average molecular weight is 411 g/mol. The Kier molecular flexibility index (Phi) is 5.75. The highest BCUT2D eigenvalue weighted by atomic mass is 79.9. The van der Waals surface area contributed by atoms with Crippen molar-refractivity contribution in [1.29, 1.82) is 5.26 Å². The average Bonchev–Trinajstić information content (AvgIpc) is 3.07. The molecular formula is C15H15BrN4O3S. The van der Waals surface area contributed by atoms with E-state index in [0.717, 1.165) is 11.3 Å². The lowest BCUT2D eigenvalue weighted by Gasteiger charge is -2.01. The fourth-order valence-corrected chi connectivity index (χ4v) is 3.54. The van der Waals surface area contributed by atoms with E-state index in [2.05, 4.69) is 26.3 Å². The van der Waals surface area contributed by atoms with Crippen LogP contribution >= 0.6 is 27.3 Å². The first-order valence-corrected chi connectivity index (χ1v) is 8.78. The predicted octanol–water partition coefficient (Wildman–Crippen LogP) is 3.34. The lowest BCUT2D eigenvalue weighted by Crippen LogP contribution is -2.13. The van der Waals surface area contributed by atoms with Gasteiger partial charge in [0, 0.05) is 12.7 Å². The van der Waals surface area contributed by atoms with Crippen molar-refractivity contribution in [3.05, 3.63) is 32.4 Å². The Balaban J connectivity index is 2.33. The highest BCUT2D eigenvalue weighted by Crippen LogP contribution is 2.33. The Morgan fingerprint density at radius 3 is 2.75 bits per heavy atom. The molecule has 9 heteroatoms. The number of hydrogen-bond acceptors (Lipinski definition) is 6. The zero-order chi connectivity index (χ0) is 17.9. The van der Waals surface area contributed by atoms with Gasteiger partial charge in [0.05, 0.1) is 16.6 Å². The van der Waals surface area contributed by atoms with Crippen LogP contribution in [0.4, 0.5) is 5.00 Å². The predicted molar refractivity (Wildman–Crippen MR) is 93.3 cm³/mol. The van der Waals surface area contributed by atoms with Crippen molar-refractivity contribution in [2.45, 2.75) is 27.3 Å². The molecule has 7 nitrogen and oxygen atoms in total. The minimum atomic E-state index is -0.506. The van der Waals surface area contributed by atoms with E-state index in [1.807, 2.05) is 13.0 Å². The van der Waals surface area contributed by atoms with Crippen molar-refractivity contribution >= 4 is 44.1 Å². The van der Waals surface area contributed by atoms with Crippen LogP contribution < -0.4 is 5.32 Å². The van der Waals surface area contributed by atoms with Gasteiger partial charge in [-0.05, 0) is 42.3 Å². The van der Waals surface area contributed by atoms with Gasteiger partial charge in [-0.3, -0.25) is 9.48 Å². The number of nitrogens with zero attached hydrogens (tertiary/aromatic N) is 3. The van der Waals surface area contributed by atoms with Crippen LogP contribution in [0.5, 0.6) is 0 Å². The molecule has 0 saturated heterocycles. The maximum absolute atomic E-state index is 12.4. The lowest BCUT2D eigenvalue weighted by atomic mass is 10.2. The summed E-state index contributed by atoms with van der Waals surface area (Å²) in [6, 6.07) is 2.02. The second-order valence-corrected chi connectivity index (χ2v) is 6.60. The largest absolute Gasteiger partial charge is 0.462 e. The van der Waals surface area contributed by atoms with Crippen molar-refractivity contribution in [2.24, 2.45) is 0 Å². The van der Waals surface area contributed by atoms with E-state index in [-0.39, 0.29) is 17.9 Å². The molecule has 2 aromatic rings. The zero-order valence-corrected chi connectivity index (χ0v) is 15.7. The van der Waals surface area contributed by atoms with Crippen LogP contribution in [0.2, 0.25) is 0 Å². The fraction of sp³-hybridized carbons (Fsp3) is 0.333. The molecule has 0 bridgehead atoms. The van der Waals surface area contributed by atoms with Crippen LogP contribution in [-0.2, 0) is 11.3 Å². The Hall–Kier alpha value is -2.18. The first kappa shape index (κ1) is 18.2. The normalized spacial score (nSPS) is 10.3. The molecule has 0 saturated carbocycles. The number of halogens is 1. The van der Waals surface area contributed by atoms with Crippen LogP contribution in [0.3, 0.4) is 0 Å². The summed E-state index contributed by atoms with van der Waals surface area (Å²) in [7, 11) is 0. The van der Waals surface area contributed by atoms with Gasteiger partial charge >= 0.3 is 5.97 Å². The van der Waals surface area contributed by atoms with E-state index in [1.54, 1.807) is 24.7 Å². The maximum atomic E-state index is 12.4. The SMILES string of the molecule is CCOC(=O)c1sc(NC(=O)c2nn(CC)cc2Br)c(C#N)c1C. The minimum Gasteiger partial charge on any atom is -0.462 e. The second kappa shape index (κ2) is 7.59. The van der Waals surface area contributed by atoms with Gasteiger partial charge in [0.15, 0.2) is 5.69 Å². The molecule has 0 aliphatic heterocycles. The summed E-state index contributed by atoms with van der Waals surface area (Å²) in [5.41, 5.74) is 0.960. The monoisotopic (exact) mass is 410 g/mol. The van der Waals surface area contributed by atoms with Crippen molar-refractivity contribution in [1.82, 2.24) is 9.78 Å². The highest BCUT2D eigenvalue weighted by Gasteiger charge is 2.24. The number of hydrogen-bond donors (Lipinski definition) is 1. The van der Waals surface area contributed by atoms with Gasteiger partial charge in [0.1, 0.15) is 15.9 Å². The molecule has 0 atom stereocenters.